The van der Waals surface area contributed by atoms with Crippen LogP contribution in [0.1, 0.15) is 33.9 Å². The Hall–Kier alpha value is -2.88. The maximum atomic E-state index is 12.7. The summed E-state index contributed by atoms with van der Waals surface area (Å²) in [6.45, 7) is 0. The normalized spacial score (nSPS) is 16.1. The molecule has 4 rings (SSSR count). The number of carbonyl (C=O) groups excluding carboxylic acids is 1. The molecule has 1 aliphatic carbocycles. The van der Waals surface area contributed by atoms with Gasteiger partial charge >= 0.3 is 0 Å². The maximum absolute atomic E-state index is 12.7. The van der Waals surface area contributed by atoms with Crippen molar-refractivity contribution in [3.05, 3.63) is 77.5 Å². The van der Waals surface area contributed by atoms with Crippen LogP contribution in [0.5, 0.6) is 0 Å². The Kier molecular flexibility index (Phi) is 3.42. The number of nitrogens with zero attached hydrogens (tertiary/aromatic N) is 1. The number of hydrogen-bond acceptors (Lipinski definition) is 2. The minimum Gasteiger partial charge on any atom is -0.345 e. The first-order valence-electron chi connectivity index (χ1n) is 7.80. The van der Waals surface area contributed by atoms with E-state index in [2.05, 4.69) is 27.6 Å². The number of nitrogens with one attached hydrogen (secondary N) is 2. The molecule has 0 saturated carbocycles. The molecule has 0 saturated heterocycles. The lowest BCUT2D eigenvalue weighted by Gasteiger charge is -2.14. The van der Waals surface area contributed by atoms with Crippen LogP contribution in [-0.4, -0.2) is 16.1 Å². The number of rotatable bonds is 3. The fourth-order valence-corrected chi connectivity index (χ4v) is 3.23. The summed E-state index contributed by atoms with van der Waals surface area (Å²) in [4.78, 5) is 12.7. The second-order valence-electron chi connectivity index (χ2n) is 5.79. The van der Waals surface area contributed by atoms with Gasteiger partial charge in [-0.05, 0) is 24.0 Å². The Morgan fingerprint density at radius 2 is 1.87 bits per heavy atom. The zero-order valence-electron chi connectivity index (χ0n) is 12.6. The molecule has 0 fully saturated rings. The maximum Gasteiger partial charge on any atom is 0.255 e. The Bertz CT molecular complexity index is 839. The predicted octanol–water partition coefficient (Wildman–Crippen LogP) is 3.49. The summed E-state index contributed by atoms with van der Waals surface area (Å²) < 4.78 is 0. The van der Waals surface area contributed by atoms with E-state index in [0.29, 0.717) is 5.56 Å². The highest BCUT2D eigenvalue weighted by Gasteiger charge is 2.25. The summed E-state index contributed by atoms with van der Waals surface area (Å²) in [6.07, 6.45) is 3.56. The molecule has 0 radical (unpaired) electrons. The molecule has 1 heterocycles. The highest BCUT2D eigenvalue weighted by Crippen LogP contribution is 2.31. The van der Waals surface area contributed by atoms with Gasteiger partial charge < -0.3 is 5.32 Å². The second-order valence-corrected chi connectivity index (χ2v) is 5.79. The fourth-order valence-electron chi connectivity index (χ4n) is 3.23. The molecule has 4 nitrogen and oxygen atoms in total. The molecule has 1 amide bonds. The molecular weight excluding hydrogens is 286 g/mol. The van der Waals surface area contributed by atoms with Crippen molar-refractivity contribution in [1.82, 2.24) is 15.5 Å². The molecule has 0 bridgehead atoms. The van der Waals surface area contributed by atoms with Gasteiger partial charge in [-0.15, -0.1) is 0 Å². The predicted molar refractivity (Wildman–Crippen MR) is 89.0 cm³/mol. The zero-order valence-corrected chi connectivity index (χ0v) is 12.6. The van der Waals surface area contributed by atoms with Gasteiger partial charge in [-0.2, -0.15) is 5.10 Å². The van der Waals surface area contributed by atoms with Gasteiger partial charge in [-0.1, -0.05) is 54.6 Å². The minimum atomic E-state index is -0.0840. The van der Waals surface area contributed by atoms with Gasteiger partial charge in [-0.3, -0.25) is 9.89 Å². The van der Waals surface area contributed by atoms with Crippen LogP contribution in [0.3, 0.4) is 0 Å². The van der Waals surface area contributed by atoms with Gasteiger partial charge in [0, 0.05) is 5.56 Å². The smallest absolute Gasteiger partial charge is 0.255 e. The molecule has 1 atom stereocenters. The van der Waals surface area contributed by atoms with E-state index in [-0.39, 0.29) is 11.9 Å². The molecule has 0 aliphatic heterocycles. The highest BCUT2D eigenvalue weighted by molar-refractivity contribution is 6.00. The van der Waals surface area contributed by atoms with E-state index >= 15 is 0 Å². The molecule has 0 spiro atoms. The molecule has 2 N–H and O–H groups in total. The Labute approximate surface area is 134 Å². The third kappa shape index (κ3) is 2.52. The van der Waals surface area contributed by atoms with Crippen LogP contribution in [0.15, 0.2) is 60.8 Å². The third-order valence-electron chi connectivity index (χ3n) is 4.38. The Morgan fingerprint density at radius 3 is 2.74 bits per heavy atom. The van der Waals surface area contributed by atoms with Crippen LogP contribution in [0.4, 0.5) is 0 Å². The lowest BCUT2D eigenvalue weighted by Crippen LogP contribution is -2.27. The average Bonchev–Trinajstić information content (AvgIpc) is 3.23. The van der Waals surface area contributed by atoms with E-state index in [1.54, 1.807) is 6.20 Å². The van der Waals surface area contributed by atoms with E-state index in [4.69, 9.17) is 0 Å². The fraction of sp³-hybridized carbons (Fsp3) is 0.158. The van der Waals surface area contributed by atoms with Crippen LogP contribution >= 0.6 is 0 Å². The number of hydrogen-bond donors (Lipinski definition) is 2. The summed E-state index contributed by atoms with van der Waals surface area (Å²) in [5.74, 6) is -0.0840. The standard InChI is InChI=1S/C19H17N3O/c23-19(21-17-11-10-13-6-4-5-9-15(13)17)16-12-20-22-18(16)14-7-2-1-3-8-14/h1-9,12,17H,10-11H2,(H,20,22)(H,21,23)/t17-/m0/s1. The molecule has 3 aromatic rings. The van der Waals surface area contributed by atoms with E-state index < -0.39 is 0 Å². The molecular formula is C19H17N3O. The molecule has 114 valence electrons. The second kappa shape index (κ2) is 5.72. The summed E-state index contributed by atoms with van der Waals surface area (Å²) in [6, 6.07) is 18.2. The Morgan fingerprint density at radius 1 is 1.09 bits per heavy atom. The monoisotopic (exact) mass is 303 g/mol. The lowest BCUT2D eigenvalue weighted by atomic mass is 10.1. The summed E-state index contributed by atoms with van der Waals surface area (Å²) >= 11 is 0. The summed E-state index contributed by atoms with van der Waals surface area (Å²) in [7, 11) is 0. The van der Waals surface area contributed by atoms with Gasteiger partial charge in [-0.25, -0.2) is 0 Å². The highest BCUT2D eigenvalue weighted by atomic mass is 16.1. The van der Waals surface area contributed by atoms with Gasteiger partial charge in [0.2, 0.25) is 0 Å². The van der Waals surface area contributed by atoms with Crippen LogP contribution < -0.4 is 5.32 Å². The zero-order chi connectivity index (χ0) is 15.6. The van der Waals surface area contributed by atoms with E-state index in [1.807, 2.05) is 42.5 Å². The van der Waals surface area contributed by atoms with Gasteiger partial charge in [0.25, 0.3) is 5.91 Å². The average molecular weight is 303 g/mol. The number of fused-ring (bicyclic) bond motifs is 1. The molecule has 2 aromatic carbocycles. The molecule has 23 heavy (non-hydrogen) atoms. The molecule has 0 unspecified atom stereocenters. The topological polar surface area (TPSA) is 57.8 Å². The van der Waals surface area contributed by atoms with Crippen molar-refractivity contribution in [2.45, 2.75) is 18.9 Å². The number of H-pyrrole nitrogens is 1. The van der Waals surface area contributed by atoms with Crippen molar-refractivity contribution in [1.29, 1.82) is 0 Å². The minimum absolute atomic E-state index is 0.0808. The summed E-state index contributed by atoms with van der Waals surface area (Å²) in [5.41, 5.74) is 4.86. The van der Waals surface area contributed by atoms with Crippen molar-refractivity contribution < 1.29 is 4.79 Å². The number of aromatic amines is 1. The number of carbonyl (C=O) groups is 1. The largest absolute Gasteiger partial charge is 0.345 e. The van der Waals surface area contributed by atoms with Crippen LogP contribution in [0, 0.1) is 0 Å². The molecule has 1 aromatic heterocycles. The van der Waals surface area contributed by atoms with Crippen LogP contribution in [0.25, 0.3) is 11.3 Å². The first kappa shape index (κ1) is 13.8. The van der Waals surface area contributed by atoms with Gasteiger partial charge in [0.05, 0.1) is 23.5 Å². The van der Waals surface area contributed by atoms with Gasteiger partial charge in [0.1, 0.15) is 0 Å². The molecule has 1 aliphatic rings. The van der Waals surface area contributed by atoms with Crippen molar-refractivity contribution in [2.24, 2.45) is 0 Å². The van der Waals surface area contributed by atoms with Crippen molar-refractivity contribution in [2.75, 3.05) is 0 Å². The number of aromatic nitrogens is 2. The van der Waals surface area contributed by atoms with E-state index in [0.717, 1.165) is 24.1 Å². The molecule has 4 heteroatoms. The SMILES string of the molecule is O=C(N[C@H]1CCc2ccccc21)c1cn[nH]c1-c1ccccc1. The van der Waals surface area contributed by atoms with Crippen molar-refractivity contribution >= 4 is 5.91 Å². The quantitative estimate of drug-likeness (QED) is 0.778. The van der Waals surface area contributed by atoms with E-state index in [9.17, 15) is 4.79 Å². The van der Waals surface area contributed by atoms with E-state index in [1.165, 1.54) is 11.1 Å². The first-order valence-corrected chi connectivity index (χ1v) is 7.80. The summed E-state index contributed by atoms with van der Waals surface area (Å²) in [5, 5.41) is 10.1. The Balaban J connectivity index is 1.59. The lowest BCUT2D eigenvalue weighted by molar-refractivity contribution is 0.0937. The van der Waals surface area contributed by atoms with Crippen LogP contribution in [-0.2, 0) is 6.42 Å². The number of aryl methyl sites for hydroxylation is 1. The van der Waals surface area contributed by atoms with Crippen LogP contribution in [0.2, 0.25) is 0 Å². The third-order valence-corrected chi connectivity index (χ3v) is 4.38. The van der Waals surface area contributed by atoms with Gasteiger partial charge in [0.15, 0.2) is 0 Å². The van der Waals surface area contributed by atoms with Crippen molar-refractivity contribution in [3.63, 3.8) is 0 Å². The number of amides is 1. The van der Waals surface area contributed by atoms with Crippen molar-refractivity contribution in [3.8, 4) is 11.3 Å². The first-order chi connectivity index (χ1) is 11.3. The number of benzene rings is 2.